The molecule has 0 aliphatic carbocycles. The zero-order chi connectivity index (χ0) is 13.8. The zero-order valence-electron chi connectivity index (χ0n) is 11.2. The maximum absolute atomic E-state index is 12.2. The normalized spacial score (nSPS) is 19.8. The molecule has 6 nitrogen and oxygen atoms in total. The van der Waals surface area contributed by atoms with Gasteiger partial charge in [-0.15, -0.1) is 0 Å². The summed E-state index contributed by atoms with van der Waals surface area (Å²) in [7, 11) is -2.06. The second-order valence-electron chi connectivity index (χ2n) is 4.99. The fourth-order valence-electron chi connectivity index (χ4n) is 1.97. The average molecular weight is 278 g/mol. The molecule has 0 aromatic heterocycles. The summed E-state index contributed by atoms with van der Waals surface area (Å²) < 4.78 is 30.8. The quantitative estimate of drug-likeness (QED) is 0.731. The van der Waals surface area contributed by atoms with Crippen LogP contribution in [-0.2, 0) is 19.6 Å². The molecule has 0 spiro atoms. The van der Waals surface area contributed by atoms with Crippen LogP contribution in [0.2, 0.25) is 0 Å². The summed E-state index contributed by atoms with van der Waals surface area (Å²) in [5, 5.41) is 2.53. The van der Waals surface area contributed by atoms with E-state index in [0.717, 1.165) is 0 Å². The molecular formula is C11H22N2O4S. The fourth-order valence-corrected chi connectivity index (χ4v) is 2.68. The second-order valence-corrected chi connectivity index (χ2v) is 7.23. The number of sulfonamides is 1. The number of piperidine rings is 1. The van der Waals surface area contributed by atoms with Gasteiger partial charge in [0.25, 0.3) is 0 Å². The number of methoxy groups -OCH3 is 1. The van der Waals surface area contributed by atoms with Gasteiger partial charge in [-0.2, -0.15) is 0 Å². The van der Waals surface area contributed by atoms with Crippen molar-refractivity contribution in [2.24, 2.45) is 5.41 Å². The molecule has 0 aromatic rings. The lowest BCUT2D eigenvalue weighted by molar-refractivity contribution is -0.134. The molecular weight excluding hydrogens is 256 g/mol. The molecule has 1 saturated heterocycles. The van der Waals surface area contributed by atoms with Crippen molar-refractivity contribution >= 4 is 15.9 Å². The van der Waals surface area contributed by atoms with E-state index in [1.54, 1.807) is 13.8 Å². The van der Waals surface area contributed by atoms with Crippen LogP contribution >= 0.6 is 0 Å². The molecule has 7 heteroatoms. The molecule has 106 valence electrons. The molecule has 0 saturated carbocycles. The number of carbonyl (C=O) groups is 1. The van der Waals surface area contributed by atoms with Crippen LogP contribution in [0, 0.1) is 5.41 Å². The first kappa shape index (κ1) is 15.4. The van der Waals surface area contributed by atoms with E-state index in [4.69, 9.17) is 4.74 Å². The summed E-state index contributed by atoms with van der Waals surface area (Å²) in [4.78, 5) is 12.2. The molecule has 1 aliphatic heterocycles. The second kappa shape index (κ2) is 5.99. The van der Waals surface area contributed by atoms with E-state index in [0.29, 0.717) is 25.9 Å². The van der Waals surface area contributed by atoms with Crippen LogP contribution in [-0.4, -0.2) is 46.4 Å². The van der Waals surface area contributed by atoms with E-state index < -0.39 is 26.6 Å². The molecule has 1 rings (SSSR count). The molecule has 1 fully saturated rings. The van der Waals surface area contributed by atoms with Crippen LogP contribution in [0.1, 0.15) is 26.7 Å². The molecule has 1 aliphatic rings. The minimum absolute atomic E-state index is 0.244. The molecule has 0 bridgehead atoms. The van der Waals surface area contributed by atoms with Crippen molar-refractivity contribution in [2.45, 2.75) is 31.9 Å². The maximum Gasteiger partial charge on any atom is 0.242 e. The monoisotopic (exact) mass is 278 g/mol. The first-order chi connectivity index (χ1) is 8.34. The zero-order valence-corrected chi connectivity index (χ0v) is 12.0. The third kappa shape index (κ3) is 3.43. The summed E-state index contributed by atoms with van der Waals surface area (Å²) in [6, 6.07) is 0. The van der Waals surface area contributed by atoms with Gasteiger partial charge in [0.1, 0.15) is 0 Å². The lowest BCUT2D eigenvalue weighted by Gasteiger charge is -2.35. The van der Waals surface area contributed by atoms with Crippen molar-refractivity contribution in [2.75, 3.05) is 26.8 Å². The summed E-state index contributed by atoms with van der Waals surface area (Å²) in [5.74, 6) is -0.445. The van der Waals surface area contributed by atoms with Gasteiger partial charge in [-0.1, -0.05) is 0 Å². The predicted molar refractivity (Wildman–Crippen MR) is 68.6 cm³/mol. The summed E-state index contributed by atoms with van der Waals surface area (Å²) in [6.45, 7) is 4.72. The molecule has 0 atom stereocenters. The van der Waals surface area contributed by atoms with Gasteiger partial charge in [0.2, 0.25) is 15.9 Å². The van der Waals surface area contributed by atoms with Crippen molar-refractivity contribution in [3.63, 3.8) is 0 Å². The number of amides is 1. The Morgan fingerprint density at radius 1 is 1.39 bits per heavy atom. The van der Waals surface area contributed by atoms with Gasteiger partial charge >= 0.3 is 0 Å². The third-order valence-electron chi connectivity index (χ3n) is 3.32. The highest BCUT2D eigenvalue weighted by atomic mass is 32.2. The van der Waals surface area contributed by atoms with Crippen molar-refractivity contribution in [3.05, 3.63) is 0 Å². The standard InChI is InChI=1S/C11H22N2O4S/c1-9(2)18(15,16)13-10(14)11(8-17-3)4-6-12-7-5-11/h9,12H,4-8H2,1-3H3,(H,13,14). The number of hydrogen-bond donors (Lipinski definition) is 2. The highest BCUT2D eigenvalue weighted by Crippen LogP contribution is 2.29. The van der Waals surface area contributed by atoms with E-state index in [1.807, 2.05) is 0 Å². The smallest absolute Gasteiger partial charge is 0.242 e. The largest absolute Gasteiger partial charge is 0.384 e. The Balaban J connectivity index is 2.84. The lowest BCUT2D eigenvalue weighted by atomic mass is 9.79. The summed E-state index contributed by atoms with van der Waals surface area (Å²) >= 11 is 0. The van der Waals surface area contributed by atoms with Gasteiger partial charge in [0.05, 0.1) is 17.3 Å². The van der Waals surface area contributed by atoms with Gasteiger partial charge in [-0.3, -0.25) is 9.52 Å². The van der Waals surface area contributed by atoms with E-state index >= 15 is 0 Å². The summed E-state index contributed by atoms with van der Waals surface area (Å²) in [6.07, 6.45) is 1.17. The van der Waals surface area contributed by atoms with Gasteiger partial charge < -0.3 is 10.1 Å². The van der Waals surface area contributed by atoms with E-state index in [-0.39, 0.29) is 6.61 Å². The third-order valence-corrected chi connectivity index (χ3v) is 5.03. The van der Waals surface area contributed by atoms with Gasteiger partial charge in [-0.05, 0) is 39.8 Å². The minimum Gasteiger partial charge on any atom is -0.384 e. The van der Waals surface area contributed by atoms with Crippen molar-refractivity contribution in [1.29, 1.82) is 0 Å². The molecule has 1 heterocycles. The Bertz CT molecular complexity index is 380. The lowest BCUT2D eigenvalue weighted by Crippen LogP contribution is -2.52. The number of ether oxygens (including phenoxy) is 1. The molecule has 18 heavy (non-hydrogen) atoms. The van der Waals surface area contributed by atoms with Gasteiger partial charge in [-0.25, -0.2) is 8.42 Å². The number of rotatable bonds is 5. The van der Waals surface area contributed by atoms with Crippen LogP contribution in [0.5, 0.6) is 0 Å². The summed E-state index contributed by atoms with van der Waals surface area (Å²) in [5.41, 5.74) is -0.734. The molecule has 0 aromatic carbocycles. The van der Waals surface area contributed by atoms with Crippen LogP contribution in [0.25, 0.3) is 0 Å². The Hall–Kier alpha value is -0.660. The first-order valence-electron chi connectivity index (χ1n) is 6.10. The van der Waals surface area contributed by atoms with E-state index in [9.17, 15) is 13.2 Å². The molecule has 1 amide bonds. The Morgan fingerprint density at radius 3 is 2.39 bits per heavy atom. The van der Waals surface area contributed by atoms with Crippen LogP contribution in [0.15, 0.2) is 0 Å². The van der Waals surface area contributed by atoms with Crippen LogP contribution in [0.3, 0.4) is 0 Å². The Kier molecular flexibility index (Phi) is 5.12. The van der Waals surface area contributed by atoms with Gasteiger partial charge in [0, 0.05) is 7.11 Å². The maximum atomic E-state index is 12.2. The molecule has 0 radical (unpaired) electrons. The topological polar surface area (TPSA) is 84.5 Å². The van der Waals surface area contributed by atoms with Crippen molar-refractivity contribution < 1.29 is 17.9 Å². The highest BCUT2D eigenvalue weighted by molar-refractivity contribution is 7.90. The Labute approximate surface area is 109 Å². The molecule has 0 unspecified atom stereocenters. The van der Waals surface area contributed by atoms with Crippen molar-refractivity contribution in [1.82, 2.24) is 10.0 Å². The van der Waals surface area contributed by atoms with Gasteiger partial charge in [0.15, 0.2) is 0 Å². The average Bonchev–Trinajstić information content (AvgIpc) is 2.29. The predicted octanol–water partition coefficient (Wildman–Crippen LogP) is -0.143. The van der Waals surface area contributed by atoms with E-state index in [1.165, 1.54) is 7.11 Å². The molecule has 2 N–H and O–H groups in total. The number of nitrogens with one attached hydrogen (secondary N) is 2. The Morgan fingerprint density at radius 2 is 1.94 bits per heavy atom. The SMILES string of the molecule is COCC1(C(=O)NS(=O)(=O)C(C)C)CCNCC1. The number of carbonyl (C=O) groups excluding carboxylic acids is 1. The minimum atomic E-state index is -3.58. The van der Waals surface area contributed by atoms with Crippen molar-refractivity contribution in [3.8, 4) is 0 Å². The van der Waals surface area contributed by atoms with Crippen LogP contribution in [0.4, 0.5) is 0 Å². The van der Waals surface area contributed by atoms with Crippen LogP contribution < -0.4 is 10.0 Å². The highest BCUT2D eigenvalue weighted by Gasteiger charge is 2.41. The number of hydrogen-bond acceptors (Lipinski definition) is 5. The first-order valence-corrected chi connectivity index (χ1v) is 7.64. The van der Waals surface area contributed by atoms with E-state index in [2.05, 4.69) is 10.0 Å². The fraction of sp³-hybridized carbons (Fsp3) is 0.909.